The van der Waals surface area contributed by atoms with E-state index < -0.39 is 0 Å². The Bertz CT molecular complexity index is 558. The molecule has 0 saturated carbocycles. The number of hydrogen-bond acceptors (Lipinski definition) is 3. The van der Waals surface area contributed by atoms with Crippen LogP contribution in [0.25, 0.3) is 0 Å². The first-order valence-electron chi connectivity index (χ1n) is 4.91. The lowest BCUT2D eigenvalue weighted by Gasteiger charge is -2.08. The Hall–Kier alpha value is -1.07. The van der Waals surface area contributed by atoms with Gasteiger partial charge in [-0.05, 0) is 56.5 Å². The maximum atomic E-state index is 5.71. The molecule has 1 heterocycles. The van der Waals surface area contributed by atoms with E-state index in [0.717, 1.165) is 14.5 Å². The second-order valence-electron chi connectivity index (χ2n) is 3.56. The summed E-state index contributed by atoms with van der Waals surface area (Å²) in [4.78, 5) is 4.17. The van der Waals surface area contributed by atoms with E-state index >= 15 is 0 Å². The number of halogens is 2. The summed E-state index contributed by atoms with van der Waals surface area (Å²) in [7, 11) is 0. The summed E-state index contributed by atoms with van der Waals surface area (Å²) in [5.41, 5.74) is 7.42. The molecule has 2 rings (SSSR count). The third-order valence-electron chi connectivity index (χ3n) is 2.19. The van der Waals surface area contributed by atoms with Crippen molar-refractivity contribution in [1.82, 2.24) is 4.98 Å². The fourth-order valence-corrected chi connectivity index (χ4v) is 1.82. The molecule has 1 aromatic carbocycles. The van der Waals surface area contributed by atoms with Gasteiger partial charge in [0.25, 0.3) is 0 Å². The van der Waals surface area contributed by atoms with Crippen LogP contribution in [0.15, 0.2) is 39.4 Å². The lowest BCUT2D eigenvalue weighted by molar-refractivity contribution is 0.459. The predicted molar refractivity (Wildman–Crippen MR) is 75.3 cm³/mol. The van der Waals surface area contributed by atoms with Gasteiger partial charge in [-0.15, -0.1) is 0 Å². The van der Waals surface area contributed by atoms with E-state index in [2.05, 4.69) is 36.8 Å². The van der Waals surface area contributed by atoms with E-state index in [-0.39, 0.29) is 0 Å². The number of nitrogen functional groups attached to an aromatic ring is 1. The van der Waals surface area contributed by atoms with Gasteiger partial charge in [0.05, 0.1) is 4.47 Å². The standard InChI is InChI=1S/C12H10Br2N2O/c1-7-4-12(16-6-10(7)14)17-11-5-8(15)2-3-9(11)13/h2-6H,15H2,1H3. The Morgan fingerprint density at radius 1 is 1.18 bits per heavy atom. The largest absolute Gasteiger partial charge is 0.438 e. The highest BCUT2D eigenvalue weighted by molar-refractivity contribution is 9.10. The molecule has 1 aromatic heterocycles. The Balaban J connectivity index is 2.31. The molecule has 0 saturated heterocycles. The number of rotatable bonds is 2. The average Bonchev–Trinajstić information content (AvgIpc) is 2.29. The molecule has 0 atom stereocenters. The van der Waals surface area contributed by atoms with Crippen molar-refractivity contribution in [3.05, 3.63) is 45.0 Å². The van der Waals surface area contributed by atoms with Gasteiger partial charge in [-0.1, -0.05) is 0 Å². The van der Waals surface area contributed by atoms with Crippen LogP contribution in [-0.2, 0) is 0 Å². The number of pyridine rings is 1. The van der Waals surface area contributed by atoms with Crippen molar-refractivity contribution in [1.29, 1.82) is 0 Å². The Kier molecular flexibility index (Phi) is 3.69. The van der Waals surface area contributed by atoms with Gasteiger partial charge in [-0.3, -0.25) is 0 Å². The molecule has 0 unspecified atom stereocenters. The number of ether oxygens (including phenoxy) is 1. The van der Waals surface area contributed by atoms with Gasteiger partial charge in [0.2, 0.25) is 5.88 Å². The summed E-state index contributed by atoms with van der Waals surface area (Å²) < 4.78 is 7.46. The SMILES string of the molecule is Cc1cc(Oc2cc(N)ccc2Br)ncc1Br. The molecule has 88 valence electrons. The molecule has 0 aliphatic heterocycles. The molecule has 0 aliphatic carbocycles. The lowest BCUT2D eigenvalue weighted by Crippen LogP contribution is -1.92. The zero-order valence-electron chi connectivity index (χ0n) is 9.08. The summed E-state index contributed by atoms with van der Waals surface area (Å²) in [6, 6.07) is 7.26. The van der Waals surface area contributed by atoms with Crippen molar-refractivity contribution in [3.63, 3.8) is 0 Å². The fourth-order valence-electron chi connectivity index (χ4n) is 1.28. The van der Waals surface area contributed by atoms with Crippen molar-refractivity contribution in [2.45, 2.75) is 6.92 Å². The van der Waals surface area contributed by atoms with E-state index in [1.807, 2.05) is 19.1 Å². The van der Waals surface area contributed by atoms with Crippen molar-refractivity contribution >= 4 is 37.5 Å². The van der Waals surface area contributed by atoms with E-state index in [0.29, 0.717) is 17.3 Å². The summed E-state index contributed by atoms with van der Waals surface area (Å²) in [6.07, 6.45) is 1.71. The van der Waals surface area contributed by atoms with Crippen molar-refractivity contribution in [3.8, 4) is 11.6 Å². The van der Waals surface area contributed by atoms with Crippen LogP contribution in [0, 0.1) is 6.92 Å². The number of nitrogens with zero attached hydrogens (tertiary/aromatic N) is 1. The third-order valence-corrected chi connectivity index (χ3v) is 3.68. The Labute approximate surface area is 116 Å². The monoisotopic (exact) mass is 356 g/mol. The zero-order chi connectivity index (χ0) is 12.4. The molecule has 17 heavy (non-hydrogen) atoms. The Morgan fingerprint density at radius 2 is 1.94 bits per heavy atom. The van der Waals surface area contributed by atoms with E-state index in [9.17, 15) is 0 Å². The molecule has 0 bridgehead atoms. The first-order valence-corrected chi connectivity index (χ1v) is 6.50. The minimum atomic E-state index is 0.539. The van der Waals surface area contributed by atoms with Gasteiger partial charge in [0.1, 0.15) is 5.75 Å². The highest BCUT2D eigenvalue weighted by Gasteiger charge is 2.05. The molecular weight excluding hydrogens is 348 g/mol. The van der Waals surface area contributed by atoms with Crippen LogP contribution in [0.3, 0.4) is 0 Å². The van der Waals surface area contributed by atoms with Gasteiger partial charge >= 0.3 is 0 Å². The lowest BCUT2D eigenvalue weighted by atomic mass is 10.3. The predicted octanol–water partition coefficient (Wildman–Crippen LogP) is 4.29. The maximum Gasteiger partial charge on any atom is 0.219 e. The molecule has 3 nitrogen and oxygen atoms in total. The molecule has 0 fully saturated rings. The van der Waals surface area contributed by atoms with E-state index in [1.165, 1.54) is 0 Å². The van der Waals surface area contributed by atoms with E-state index in [4.69, 9.17) is 10.5 Å². The average molecular weight is 358 g/mol. The van der Waals surface area contributed by atoms with Crippen molar-refractivity contribution < 1.29 is 4.74 Å². The number of aryl methyl sites for hydroxylation is 1. The van der Waals surface area contributed by atoms with E-state index in [1.54, 1.807) is 18.3 Å². The molecular formula is C12H10Br2N2O. The fraction of sp³-hybridized carbons (Fsp3) is 0.0833. The zero-order valence-corrected chi connectivity index (χ0v) is 12.2. The van der Waals surface area contributed by atoms with Crippen LogP contribution < -0.4 is 10.5 Å². The van der Waals surface area contributed by atoms with Crippen LogP contribution >= 0.6 is 31.9 Å². The number of nitrogens with two attached hydrogens (primary N) is 1. The van der Waals surface area contributed by atoms with Crippen molar-refractivity contribution in [2.75, 3.05) is 5.73 Å². The summed E-state index contributed by atoms with van der Waals surface area (Å²) >= 11 is 6.80. The number of aromatic nitrogens is 1. The van der Waals surface area contributed by atoms with Gasteiger partial charge in [0.15, 0.2) is 0 Å². The van der Waals surface area contributed by atoms with Crippen LogP contribution in [0.5, 0.6) is 11.6 Å². The molecule has 0 spiro atoms. The quantitative estimate of drug-likeness (QED) is 0.815. The molecule has 2 N–H and O–H groups in total. The Morgan fingerprint density at radius 3 is 2.65 bits per heavy atom. The van der Waals surface area contributed by atoms with Crippen LogP contribution in [0.2, 0.25) is 0 Å². The second kappa shape index (κ2) is 5.06. The minimum Gasteiger partial charge on any atom is -0.438 e. The maximum absolute atomic E-state index is 5.71. The summed E-state index contributed by atoms with van der Waals surface area (Å²) in [5.74, 6) is 1.19. The van der Waals surface area contributed by atoms with Gasteiger partial charge in [0, 0.05) is 28.5 Å². The van der Waals surface area contributed by atoms with Crippen LogP contribution in [0.4, 0.5) is 5.69 Å². The highest BCUT2D eigenvalue weighted by atomic mass is 79.9. The highest BCUT2D eigenvalue weighted by Crippen LogP contribution is 2.31. The molecule has 2 aromatic rings. The van der Waals surface area contributed by atoms with Crippen molar-refractivity contribution in [2.24, 2.45) is 0 Å². The number of hydrogen-bond donors (Lipinski definition) is 1. The first kappa shape index (κ1) is 12.4. The molecule has 0 radical (unpaired) electrons. The molecule has 5 heteroatoms. The third kappa shape index (κ3) is 2.98. The molecule has 0 amide bonds. The number of benzene rings is 1. The second-order valence-corrected chi connectivity index (χ2v) is 5.27. The molecule has 0 aliphatic rings. The van der Waals surface area contributed by atoms with Gasteiger partial charge in [-0.2, -0.15) is 0 Å². The smallest absolute Gasteiger partial charge is 0.219 e. The number of anilines is 1. The summed E-state index contributed by atoms with van der Waals surface area (Å²) in [6.45, 7) is 1.98. The topological polar surface area (TPSA) is 48.1 Å². The first-order chi connectivity index (χ1) is 8.06. The van der Waals surface area contributed by atoms with Gasteiger partial charge < -0.3 is 10.5 Å². The van der Waals surface area contributed by atoms with Crippen LogP contribution in [-0.4, -0.2) is 4.98 Å². The minimum absolute atomic E-state index is 0.539. The summed E-state index contributed by atoms with van der Waals surface area (Å²) in [5, 5.41) is 0. The van der Waals surface area contributed by atoms with Gasteiger partial charge in [-0.25, -0.2) is 4.98 Å². The van der Waals surface area contributed by atoms with Crippen LogP contribution in [0.1, 0.15) is 5.56 Å². The normalized spacial score (nSPS) is 10.3.